The number of imide groups is 1. The predicted molar refractivity (Wildman–Crippen MR) is 110 cm³/mol. The van der Waals surface area contributed by atoms with Gasteiger partial charge < -0.3 is 19.5 Å². The molecule has 2 aromatic carbocycles. The molecule has 2 aromatic rings. The van der Waals surface area contributed by atoms with Crippen LogP contribution in [-0.2, 0) is 4.79 Å². The summed E-state index contributed by atoms with van der Waals surface area (Å²) in [6.07, 6.45) is -5.48. The molecule has 14 heteroatoms. The fraction of sp³-hybridized carbons (Fsp3) is 0.250. The van der Waals surface area contributed by atoms with Crippen LogP contribution in [0.4, 0.5) is 28.0 Å². The first-order valence-corrected chi connectivity index (χ1v) is 9.59. The maximum absolute atomic E-state index is 14.1. The molecule has 182 valence electrons. The summed E-state index contributed by atoms with van der Waals surface area (Å²) >= 11 is 5.62. The summed E-state index contributed by atoms with van der Waals surface area (Å²) in [5.41, 5.74) is -4.67. The van der Waals surface area contributed by atoms with E-state index in [2.05, 4.69) is 0 Å². The van der Waals surface area contributed by atoms with Crippen molar-refractivity contribution in [3.05, 3.63) is 46.7 Å². The molecule has 0 unspecified atom stereocenters. The molecule has 0 bridgehead atoms. The molecule has 9 nitrogen and oxygen atoms in total. The highest BCUT2D eigenvalue weighted by Gasteiger charge is 2.69. The van der Waals surface area contributed by atoms with Crippen molar-refractivity contribution in [1.29, 1.82) is 0 Å². The minimum Gasteiger partial charge on any atom is -0.493 e. The van der Waals surface area contributed by atoms with Crippen LogP contribution in [-0.4, -0.2) is 51.0 Å². The number of methoxy groups -OCH3 is 3. The number of carbonyl (C=O) groups excluding carboxylic acids is 3. The first-order valence-electron chi connectivity index (χ1n) is 9.21. The maximum atomic E-state index is 14.1. The van der Waals surface area contributed by atoms with Crippen molar-refractivity contribution in [3.63, 3.8) is 0 Å². The summed E-state index contributed by atoms with van der Waals surface area (Å²) in [6.45, 7) is 0. The Labute approximate surface area is 194 Å². The van der Waals surface area contributed by atoms with E-state index < -0.39 is 51.8 Å². The number of nitrogens with one attached hydrogen (secondary N) is 2. The number of urea groups is 1. The van der Waals surface area contributed by atoms with Crippen LogP contribution < -0.4 is 29.7 Å². The van der Waals surface area contributed by atoms with Gasteiger partial charge in [-0.25, -0.2) is 14.1 Å². The average Bonchev–Trinajstić information content (AvgIpc) is 3.04. The molecule has 1 saturated heterocycles. The third-order valence-corrected chi connectivity index (χ3v) is 5.13. The first-order chi connectivity index (χ1) is 15.9. The third-order valence-electron chi connectivity index (χ3n) is 4.84. The standard InChI is InChI=1S/C20H16ClF4N3O6/c1-32-13-6-9(7-14(33-2)15(13)34-3)16(29)26-19(20(23,24)25)17(30)28(18(31)27-19)10-4-5-12(22)11(21)8-10/h4-8H,1-3H3,(H,26,29)(H,27,31)/t19-/m1/s1. The summed E-state index contributed by atoms with van der Waals surface area (Å²) < 4.78 is 71.1. The number of alkyl halides is 3. The Kier molecular flexibility index (Phi) is 6.51. The first kappa shape index (κ1) is 24.9. The van der Waals surface area contributed by atoms with Gasteiger partial charge in [0.25, 0.3) is 17.5 Å². The Morgan fingerprint density at radius 3 is 2.12 bits per heavy atom. The van der Waals surface area contributed by atoms with Gasteiger partial charge in [0.15, 0.2) is 11.5 Å². The largest absolute Gasteiger partial charge is 0.493 e. The van der Waals surface area contributed by atoms with Crippen LogP contribution in [0.3, 0.4) is 0 Å². The van der Waals surface area contributed by atoms with E-state index in [0.29, 0.717) is 0 Å². The van der Waals surface area contributed by atoms with Gasteiger partial charge in [0.2, 0.25) is 5.75 Å². The van der Waals surface area contributed by atoms with Gasteiger partial charge in [0, 0.05) is 5.56 Å². The van der Waals surface area contributed by atoms with Crippen LogP contribution in [0.25, 0.3) is 0 Å². The van der Waals surface area contributed by atoms with Gasteiger partial charge in [-0.05, 0) is 30.3 Å². The quantitative estimate of drug-likeness (QED) is 0.461. The molecule has 0 saturated carbocycles. The lowest BCUT2D eigenvalue weighted by molar-refractivity contribution is -0.197. The zero-order valence-corrected chi connectivity index (χ0v) is 18.4. The van der Waals surface area contributed by atoms with Crippen molar-refractivity contribution >= 4 is 35.1 Å². The zero-order chi connectivity index (χ0) is 25.4. The normalized spacial score (nSPS) is 17.9. The van der Waals surface area contributed by atoms with Gasteiger partial charge in [-0.15, -0.1) is 0 Å². The van der Waals surface area contributed by atoms with Crippen LogP contribution in [0, 0.1) is 5.82 Å². The number of rotatable bonds is 6. The summed E-state index contributed by atoms with van der Waals surface area (Å²) in [5, 5.41) is 2.49. The monoisotopic (exact) mass is 505 g/mol. The van der Waals surface area contributed by atoms with Crippen LogP contribution in [0.15, 0.2) is 30.3 Å². The Morgan fingerprint density at radius 2 is 1.65 bits per heavy atom. The highest BCUT2D eigenvalue weighted by molar-refractivity contribution is 6.31. The van der Waals surface area contributed by atoms with E-state index in [9.17, 15) is 31.9 Å². The summed E-state index contributed by atoms with van der Waals surface area (Å²) in [7, 11) is 3.73. The number of nitrogens with zero attached hydrogens (tertiary/aromatic N) is 1. The highest BCUT2D eigenvalue weighted by atomic mass is 35.5. The molecule has 0 aromatic heterocycles. The van der Waals surface area contributed by atoms with Gasteiger partial charge in [-0.2, -0.15) is 13.2 Å². The number of hydrogen-bond donors (Lipinski definition) is 2. The molecular weight excluding hydrogens is 490 g/mol. The molecular formula is C20H16ClF4N3O6. The van der Waals surface area contributed by atoms with Crippen LogP contribution >= 0.6 is 11.6 Å². The van der Waals surface area contributed by atoms with E-state index >= 15 is 0 Å². The molecule has 34 heavy (non-hydrogen) atoms. The second-order valence-corrected chi connectivity index (χ2v) is 7.19. The molecule has 1 aliphatic rings. The SMILES string of the molecule is COc1cc(C(=O)N[C@@]2(C(F)(F)F)NC(=O)N(c3ccc(F)c(Cl)c3)C2=O)cc(OC)c1OC. The average molecular weight is 506 g/mol. The van der Waals surface area contributed by atoms with E-state index in [-0.39, 0.29) is 22.1 Å². The second-order valence-electron chi connectivity index (χ2n) is 6.79. The lowest BCUT2D eigenvalue weighted by atomic mass is 10.1. The summed E-state index contributed by atoms with van der Waals surface area (Å²) in [6, 6.07) is 3.03. The molecule has 2 N–H and O–H groups in total. The van der Waals surface area contributed by atoms with Crippen LogP contribution in [0.5, 0.6) is 17.2 Å². The van der Waals surface area contributed by atoms with Crippen molar-refractivity contribution in [1.82, 2.24) is 10.6 Å². The summed E-state index contributed by atoms with van der Waals surface area (Å²) in [5.74, 6) is -4.22. The lowest BCUT2D eigenvalue weighted by Crippen LogP contribution is -2.69. The predicted octanol–water partition coefficient (Wildman–Crippen LogP) is 3.25. The minimum absolute atomic E-state index is 0.0441. The van der Waals surface area contributed by atoms with Crippen molar-refractivity contribution in [2.24, 2.45) is 0 Å². The van der Waals surface area contributed by atoms with Crippen LogP contribution in [0.1, 0.15) is 10.4 Å². The van der Waals surface area contributed by atoms with E-state index in [4.69, 9.17) is 25.8 Å². The third kappa shape index (κ3) is 4.02. The zero-order valence-electron chi connectivity index (χ0n) is 17.7. The summed E-state index contributed by atoms with van der Waals surface area (Å²) in [4.78, 5) is 38.2. The molecule has 3 rings (SSSR count). The van der Waals surface area contributed by atoms with Gasteiger partial charge in [0.05, 0.1) is 32.0 Å². The molecule has 0 spiro atoms. The van der Waals surface area contributed by atoms with Crippen LogP contribution in [0.2, 0.25) is 5.02 Å². The number of benzene rings is 2. The molecule has 0 aliphatic carbocycles. The Bertz CT molecular complexity index is 1150. The van der Waals surface area contributed by atoms with Gasteiger partial charge in [-0.3, -0.25) is 14.9 Å². The van der Waals surface area contributed by atoms with E-state index in [1.165, 1.54) is 26.6 Å². The fourth-order valence-corrected chi connectivity index (χ4v) is 3.37. The molecule has 4 amide bonds. The highest BCUT2D eigenvalue weighted by Crippen LogP contribution is 2.40. The van der Waals surface area contributed by atoms with Crippen molar-refractivity contribution < 1.29 is 46.2 Å². The van der Waals surface area contributed by atoms with Crippen molar-refractivity contribution in [2.45, 2.75) is 11.8 Å². The number of amides is 4. The topological polar surface area (TPSA) is 106 Å². The smallest absolute Gasteiger partial charge is 0.440 e. The molecule has 1 aliphatic heterocycles. The number of carbonyl (C=O) groups is 3. The molecule has 1 heterocycles. The Morgan fingerprint density at radius 1 is 1.06 bits per heavy atom. The van der Waals surface area contributed by atoms with Crippen molar-refractivity contribution in [3.8, 4) is 17.2 Å². The molecule has 1 fully saturated rings. The Balaban J connectivity index is 2.05. The van der Waals surface area contributed by atoms with E-state index in [0.717, 1.165) is 30.3 Å². The number of ether oxygens (including phenoxy) is 3. The Hall–Kier alpha value is -3.74. The van der Waals surface area contributed by atoms with Gasteiger partial charge in [0.1, 0.15) is 5.82 Å². The number of halogens is 5. The van der Waals surface area contributed by atoms with Gasteiger partial charge in [-0.1, -0.05) is 11.6 Å². The number of hydrogen-bond acceptors (Lipinski definition) is 6. The molecule has 0 radical (unpaired) electrons. The fourth-order valence-electron chi connectivity index (χ4n) is 3.19. The minimum atomic E-state index is -5.48. The van der Waals surface area contributed by atoms with E-state index in [1.807, 2.05) is 0 Å². The maximum Gasteiger partial charge on any atom is 0.440 e. The molecule has 1 atom stereocenters. The lowest BCUT2D eigenvalue weighted by Gasteiger charge is -2.30. The number of anilines is 1. The van der Waals surface area contributed by atoms with Gasteiger partial charge >= 0.3 is 12.2 Å². The second kappa shape index (κ2) is 8.89. The van der Waals surface area contributed by atoms with Crippen molar-refractivity contribution in [2.75, 3.05) is 26.2 Å². The van der Waals surface area contributed by atoms with E-state index in [1.54, 1.807) is 5.32 Å².